The van der Waals surface area contributed by atoms with Crippen molar-refractivity contribution >= 4 is 17.4 Å². The zero-order chi connectivity index (χ0) is 22.8. The lowest BCUT2D eigenvalue weighted by molar-refractivity contribution is -0.138. The van der Waals surface area contributed by atoms with Gasteiger partial charge in [0.1, 0.15) is 11.4 Å². The largest absolute Gasteiger partial charge is 0.491 e. The zero-order valence-corrected chi connectivity index (χ0v) is 19.4. The number of ether oxygens (including phenoxy) is 1. The summed E-state index contributed by atoms with van der Waals surface area (Å²) in [6, 6.07) is 15.5. The topological polar surface area (TPSA) is 49.9 Å². The van der Waals surface area contributed by atoms with E-state index in [2.05, 4.69) is 11.8 Å². The number of carbonyl (C=O) groups excluding carboxylic acids is 2. The van der Waals surface area contributed by atoms with Crippen LogP contribution in [0.25, 0.3) is 5.57 Å². The highest BCUT2D eigenvalue weighted by molar-refractivity contribution is 6.35. The predicted octanol–water partition coefficient (Wildman–Crippen LogP) is 4.79. The third-order valence-electron chi connectivity index (χ3n) is 6.22. The Labute approximate surface area is 190 Å². The summed E-state index contributed by atoms with van der Waals surface area (Å²) in [6.07, 6.45) is 2.13. The molecule has 1 fully saturated rings. The summed E-state index contributed by atoms with van der Waals surface area (Å²) < 4.78 is 5.76. The number of hydrogen-bond acceptors (Lipinski definition) is 4. The number of aryl methyl sites for hydroxylation is 1. The maximum Gasteiger partial charge on any atom is 0.278 e. The summed E-state index contributed by atoms with van der Waals surface area (Å²) in [5.74, 6) is 0.981. The molecule has 0 saturated carbocycles. The van der Waals surface area contributed by atoms with Crippen molar-refractivity contribution in [3.8, 4) is 5.75 Å². The van der Waals surface area contributed by atoms with Gasteiger partial charge in [0.15, 0.2) is 0 Å². The third-order valence-corrected chi connectivity index (χ3v) is 6.22. The minimum Gasteiger partial charge on any atom is -0.491 e. The van der Waals surface area contributed by atoms with Crippen molar-refractivity contribution in [2.24, 2.45) is 5.92 Å². The number of benzene rings is 2. The molecule has 2 aliphatic heterocycles. The number of likely N-dealkylation sites (tertiary alicyclic amines) is 1. The first-order valence-electron chi connectivity index (χ1n) is 11.5. The van der Waals surface area contributed by atoms with Crippen LogP contribution in [0, 0.1) is 12.8 Å². The van der Waals surface area contributed by atoms with Crippen LogP contribution in [0.1, 0.15) is 50.3 Å². The Morgan fingerprint density at radius 2 is 1.56 bits per heavy atom. The summed E-state index contributed by atoms with van der Waals surface area (Å²) in [7, 11) is 0. The highest BCUT2D eigenvalue weighted by Gasteiger charge is 2.42. The molecule has 1 saturated heterocycles. The van der Waals surface area contributed by atoms with Gasteiger partial charge in [-0.05, 0) is 62.8 Å². The molecule has 2 amide bonds. The van der Waals surface area contributed by atoms with Crippen LogP contribution in [-0.4, -0.2) is 40.8 Å². The van der Waals surface area contributed by atoms with Gasteiger partial charge in [-0.3, -0.25) is 14.5 Å². The first-order valence-corrected chi connectivity index (χ1v) is 11.5. The quantitative estimate of drug-likeness (QED) is 0.616. The van der Waals surface area contributed by atoms with Crippen LogP contribution < -0.4 is 4.74 Å². The molecule has 2 aromatic carbocycles. The molecule has 32 heavy (non-hydrogen) atoms. The number of amides is 2. The summed E-state index contributed by atoms with van der Waals surface area (Å²) >= 11 is 0. The Hall–Kier alpha value is -3.08. The van der Waals surface area contributed by atoms with Gasteiger partial charge in [-0.25, -0.2) is 0 Å². The van der Waals surface area contributed by atoms with E-state index in [1.54, 1.807) is 0 Å². The van der Waals surface area contributed by atoms with Crippen molar-refractivity contribution < 1.29 is 14.3 Å². The second-order valence-corrected chi connectivity index (χ2v) is 9.27. The number of rotatable bonds is 6. The number of carbonyl (C=O) groups is 2. The van der Waals surface area contributed by atoms with E-state index >= 15 is 0 Å². The molecule has 0 aliphatic carbocycles. The van der Waals surface area contributed by atoms with Gasteiger partial charge in [0.2, 0.25) is 0 Å². The van der Waals surface area contributed by atoms with E-state index in [0.29, 0.717) is 17.2 Å². The summed E-state index contributed by atoms with van der Waals surface area (Å²) in [5.41, 5.74) is 3.92. The van der Waals surface area contributed by atoms with Crippen molar-refractivity contribution in [3.05, 3.63) is 70.9 Å². The fourth-order valence-electron chi connectivity index (χ4n) is 4.34. The summed E-state index contributed by atoms with van der Waals surface area (Å²) in [4.78, 5) is 30.6. The van der Waals surface area contributed by atoms with Crippen molar-refractivity contribution in [1.29, 1.82) is 0 Å². The molecule has 168 valence electrons. The van der Waals surface area contributed by atoms with Gasteiger partial charge < -0.3 is 9.64 Å². The standard InChI is InChI=1S/C27H32N2O3/c1-18(2)32-23-11-9-22(10-12-23)24-25(28-15-13-20(4)14-16-28)27(31)29(26(24)30)17-21-7-5-19(3)6-8-21/h5-12,18,20H,13-17H2,1-4H3. The molecule has 0 atom stereocenters. The highest BCUT2D eigenvalue weighted by atomic mass is 16.5. The van der Waals surface area contributed by atoms with E-state index in [4.69, 9.17) is 4.74 Å². The number of piperidine rings is 1. The first-order chi connectivity index (χ1) is 15.3. The average molecular weight is 433 g/mol. The molecule has 0 aromatic heterocycles. The summed E-state index contributed by atoms with van der Waals surface area (Å²) in [5, 5.41) is 0. The van der Waals surface area contributed by atoms with Gasteiger partial charge in [-0.1, -0.05) is 48.9 Å². The van der Waals surface area contributed by atoms with E-state index in [0.717, 1.165) is 48.4 Å². The van der Waals surface area contributed by atoms with Gasteiger partial charge in [-0.2, -0.15) is 0 Å². The van der Waals surface area contributed by atoms with Crippen molar-refractivity contribution in [1.82, 2.24) is 9.80 Å². The van der Waals surface area contributed by atoms with E-state index in [-0.39, 0.29) is 24.5 Å². The molecule has 2 aromatic rings. The molecule has 5 heteroatoms. The Bertz CT molecular complexity index is 1010. The van der Waals surface area contributed by atoms with Gasteiger partial charge in [0.05, 0.1) is 18.2 Å². The lowest BCUT2D eigenvalue weighted by atomic mass is 9.97. The molecule has 2 heterocycles. The van der Waals surface area contributed by atoms with Crippen LogP contribution in [0.2, 0.25) is 0 Å². The third kappa shape index (κ3) is 4.57. The van der Waals surface area contributed by atoms with Crippen LogP contribution in [-0.2, 0) is 16.1 Å². The lowest BCUT2D eigenvalue weighted by Gasteiger charge is -2.32. The normalized spacial score (nSPS) is 17.7. The van der Waals surface area contributed by atoms with Crippen LogP contribution in [0.5, 0.6) is 5.75 Å². The predicted molar refractivity (Wildman–Crippen MR) is 126 cm³/mol. The second-order valence-electron chi connectivity index (χ2n) is 9.27. The number of nitrogens with zero attached hydrogens (tertiary/aromatic N) is 2. The second kappa shape index (κ2) is 9.19. The molecule has 4 rings (SSSR count). The molecule has 5 nitrogen and oxygen atoms in total. The van der Waals surface area contributed by atoms with E-state index in [1.807, 2.05) is 69.3 Å². The van der Waals surface area contributed by atoms with Crippen molar-refractivity contribution in [2.45, 2.75) is 53.2 Å². The Morgan fingerprint density at radius 3 is 2.16 bits per heavy atom. The smallest absolute Gasteiger partial charge is 0.278 e. The highest BCUT2D eigenvalue weighted by Crippen LogP contribution is 2.35. The molecule has 0 N–H and O–H groups in total. The minimum absolute atomic E-state index is 0.0747. The van der Waals surface area contributed by atoms with Crippen LogP contribution in [0.15, 0.2) is 54.2 Å². The fourth-order valence-corrected chi connectivity index (χ4v) is 4.34. The molecule has 0 radical (unpaired) electrons. The first kappa shape index (κ1) is 22.1. The van der Waals surface area contributed by atoms with E-state index < -0.39 is 0 Å². The fraction of sp³-hybridized carbons (Fsp3) is 0.407. The summed E-state index contributed by atoms with van der Waals surface area (Å²) in [6.45, 7) is 10.1. The Morgan fingerprint density at radius 1 is 0.938 bits per heavy atom. The van der Waals surface area contributed by atoms with Crippen molar-refractivity contribution in [3.63, 3.8) is 0 Å². The SMILES string of the molecule is Cc1ccc(CN2C(=O)C(c3ccc(OC(C)C)cc3)=C(N3CCC(C)CC3)C2=O)cc1. The van der Waals surface area contributed by atoms with Crippen molar-refractivity contribution in [2.75, 3.05) is 13.1 Å². The van der Waals surface area contributed by atoms with Gasteiger partial charge in [-0.15, -0.1) is 0 Å². The average Bonchev–Trinajstić information content (AvgIpc) is 3.01. The van der Waals surface area contributed by atoms with Crippen LogP contribution in [0.4, 0.5) is 0 Å². The number of hydrogen-bond donors (Lipinski definition) is 0. The minimum atomic E-state index is -0.221. The van der Waals surface area contributed by atoms with Crippen LogP contribution in [0.3, 0.4) is 0 Å². The molecular weight excluding hydrogens is 400 g/mol. The molecular formula is C27H32N2O3. The molecule has 0 spiro atoms. The maximum absolute atomic E-state index is 13.6. The molecule has 0 unspecified atom stereocenters. The lowest BCUT2D eigenvalue weighted by Crippen LogP contribution is -2.38. The zero-order valence-electron chi connectivity index (χ0n) is 19.4. The Kier molecular flexibility index (Phi) is 6.35. The molecule has 0 bridgehead atoms. The monoisotopic (exact) mass is 432 g/mol. The van der Waals surface area contributed by atoms with Gasteiger partial charge in [0.25, 0.3) is 11.8 Å². The molecule has 2 aliphatic rings. The van der Waals surface area contributed by atoms with Crippen LogP contribution >= 0.6 is 0 Å². The van der Waals surface area contributed by atoms with Gasteiger partial charge >= 0.3 is 0 Å². The van der Waals surface area contributed by atoms with E-state index in [9.17, 15) is 9.59 Å². The number of imide groups is 1. The Balaban J connectivity index is 1.68. The van der Waals surface area contributed by atoms with Gasteiger partial charge in [0, 0.05) is 13.1 Å². The maximum atomic E-state index is 13.6. The van der Waals surface area contributed by atoms with E-state index in [1.165, 1.54) is 4.90 Å².